The highest BCUT2D eigenvalue weighted by molar-refractivity contribution is 5.78. The molecule has 0 aromatic rings. The zero-order valence-corrected chi connectivity index (χ0v) is 9.92. The van der Waals surface area contributed by atoms with Gasteiger partial charge in [-0.3, -0.25) is 4.79 Å². The summed E-state index contributed by atoms with van der Waals surface area (Å²) in [4.78, 5) is 13.0. The third kappa shape index (κ3) is 3.47. The van der Waals surface area contributed by atoms with Crippen LogP contribution in [0.1, 0.15) is 33.6 Å². The maximum absolute atomic E-state index is 10.9. The summed E-state index contributed by atoms with van der Waals surface area (Å²) in [5.74, 6) is -0.924. The fraction of sp³-hybridized carbons (Fsp3) is 0.909. The summed E-state index contributed by atoms with van der Waals surface area (Å²) in [6.45, 7) is 8.43. The molecule has 3 N–H and O–H groups in total. The summed E-state index contributed by atoms with van der Waals surface area (Å²) in [6.07, 6.45) is 2.23. The van der Waals surface area contributed by atoms with Gasteiger partial charge in [-0.2, -0.15) is 0 Å². The smallest absolute Gasteiger partial charge is 0.324 e. The van der Waals surface area contributed by atoms with E-state index in [2.05, 4.69) is 18.7 Å². The van der Waals surface area contributed by atoms with Crippen LogP contribution >= 0.6 is 0 Å². The average Bonchev–Trinajstić information content (AvgIpc) is 2.08. The number of hydrogen-bond acceptors (Lipinski definition) is 3. The van der Waals surface area contributed by atoms with Gasteiger partial charge in [0.15, 0.2) is 0 Å². The fourth-order valence-corrected chi connectivity index (χ4v) is 1.85. The first-order chi connectivity index (χ1) is 6.73. The molecule has 1 rings (SSSR count). The van der Waals surface area contributed by atoms with Gasteiger partial charge in [-0.1, -0.05) is 13.8 Å². The Morgan fingerprint density at radius 2 is 1.93 bits per heavy atom. The topological polar surface area (TPSA) is 66.6 Å². The molecule has 88 valence electrons. The minimum absolute atomic E-state index is 0.394. The van der Waals surface area contributed by atoms with E-state index >= 15 is 0 Å². The summed E-state index contributed by atoms with van der Waals surface area (Å²) in [7, 11) is 0. The van der Waals surface area contributed by atoms with Gasteiger partial charge in [0, 0.05) is 6.54 Å². The first kappa shape index (κ1) is 12.5. The van der Waals surface area contributed by atoms with Crippen LogP contribution < -0.4 is 5.73 Å². The van der Waals surface area contributed by atoms with Crippen molar-refractivity contribution in [2.24, 2.45) is 11.1 Å². The van der Waals surface area contributed by atoms with Gasteiger partial charge in [0.2, 0.25) is 0 Å². The second kappa shape index (κ2) is 4.10. The maximum atomic E-state index is 10.9. The minimum atomic E-state index is -1.12. The Hall–Kier alpha value is -0.610. The lowest BCUT2D eigenvalue weighted by atomic mass is 9.82. The molecule has 0 saturated carbocycles. The Kier molecular flexibility index (Phi) is 3.41. The molecule has 1 saturated heterocycles. The standard InChI is InChI=1S/C11H22N2O2/c1-10(2)4-6-13(7-5-10)8-11(3,12)9(14)15/h4-8,12H2,1-3H3,(H,14,15). The second-order valence-electron chi connectivity index (χ2n) is 5.66. The van der Waals surface area contributed by atoms with Crippen molar-refractivity contribution in [1.82, 2.24) is 4.90 Å². The van der Waals surface area contributed by atoms with E-state index in [1.807, 2.05) is 0 Å². The summed E-state index contributed by atoms with van der Waals surface area (Å²) in [5.41, 5.74) is 4.99. The monoisotopic (exact) mass is 214 g/mol. The lowest BCUT2D eigenvalue weighted by Gasteiger charge is -2.39. The number of piperidine rings is 1. The molecule has 15 heavy (non-hydrogen) atoms. The normalized spacial score (nSPS) is 25.9. The molecule has 4 heteroatoms. The number of nitrogens with zero attached hydrogens (tertiary/aromatic N) is 1. The van der Waals surface area contributed by atoms with Gasteiger partial charge in [0.05, 0.1) is 0 Å². The van der Waals surface area contributed by atoms with Crippen LogP contribution in [0, 0.1) is 5.41 Å². The van der Waals surface area contributed by atoms with Crippen LogP contribution in [0.5, 0.6) is 0 Å². The quantitative estimate of drug-likeness (QED) is 0.733. The molecular weight excluding hydrogens is 192 g/mol. The van der Waals surface area contributed by atoms with E-state index in [0.717, 1.165) is 25.9 Å². The van der Waals surface area contributed by atoms with Crippen molar-refractivity contribution in [2.75, 3.05) is 19.6 Å². The molecule has 1 heterocycles. The molecule has 4 nitrogen and oxygen atoms in total. The van der Waals surface area contributed by atoms with E-state index in [1.165, 1.54) is 0 Å². The van der Waals surface area contributed by atoms with Gasteiger partial charge in [0.1, 0.15) is 5.54 Å². The van der Waals surface area contributed by atoms with E-state index in [1.54, 1.807) is 6.92 Å². The third-order valence-electron chi connectivity index (χ3n) is 3.25. The van der Waals surface area contributed by atoms with Crippen molar-refractivity contribution in [1.29, 1.82) is 0 Å². The molecule has 0 radical (unpaired) electrons. The largest absolute Gasteiger partial charge is 0.480 e. The second-order valence-corrected chi connectivity index (χ2v) is 5.66. The first-order valence-corrected chi connectivity index (χ1v) is 5.48. The highest BCUT2D eigenvalue weighted by Crippen LogP contribution is 2.29. The molecule has 0 bridgehead atoms. The molecule has 1 atom stereocenters. The molecule has 1 aliphatic heterocycles. The van der Waals surface area contributed by atoms with Gasteiger partial charge in [-0.15, -0.1) is 0 Å². The Balaban J connectivity index is 2.46. The van der Waals surface area contributed by atoms with Crippen molar-refractivity contribution in [2.45, 2.75) is 39.2 Å². The predicted octanol–water partition coefficient (Wildman–Crippen LogP) is 0.910. The zero-order chi connectivity index (χ0) is 11.7. The summed E-state index contributed by atoms with van der Waals surface area (Å²) < 4.78 is 0. The van der Waals surface area contributed by atoms with E-state index in [4.69, 9.17) is 10.8 Å². The number of hydrogen-bond donors (Lipinski definition) is 2. The Morgan fingerprint density at radius 3 is 2.33 bits per heavy atom. The maximum Gasteiger partial charge on any atom is 0.324 e. The molecule has 0 aliphatic carbocycles. The Bertz CT molecular complexity index is 239. The van der Waals surface area contributed by atoms with Gasteiger partial charge in [-0.25, -0.2) is 0 Å². The highest BCUT2D eigenvalue weighted by atomic mass is 16.4. The van der Waals surface area contributed by atoms with Crippen molar-refractivity contribution in [3.05, 3.63) is 0 Å². The van der Waals surface area contributed by atoms with Crippen LogP contribution in [0.15, 0.2) is 0 Å². The first-order valence-electron chi connectivity index (χ1n) is 5.48. The zero-order valence-electron chi connectivity index (χ0n) is 9.92. The van der Waals surface area contributed by atoms with Crippen LogP contribution in [0.25, 0.3) is 0 Å². The van der Waals surface area contributed by atoms with E-state index in [-0.39, 0.29) is 0 Å². The van der Waals surface area contributed by atoms with Crippen LogP contribution in [-0.4, -0.2) is 41.1 Å². The summed E-state index contributed by atoms with van der Waals surface area (Å²) >= 11 is 0. The van der Waals surface area contributed by atoms with Gasteiger partial charge >= 0.3 is 5.97 Å². The molecule has 0 aromatic heterocycles. The van der Waals surface area contributed by atoms with Crippen LogP contribution in [0.2, 0.25) is 0 Å². The number of carboxylic acids is 1. The van der Waals surface area contributed by atoms with Crippen molar-refractivity contribution in [3.63, 3.8) is 0 Å². The number of carbonyl (C=O) groups is 1. The van der Waals surface area contributed by atoms with E-state index in [9.17, 15) is 4.79 Å². The van der Waals surface area contributed by atoms with E-state index < -0.39 is 11.5 Å². The molecule has 1 aliphatic rings. The lowest BCUT2D eigenvalue weighted by Crippen LogP contribution is -2.55. The Morgan fingerprint density at radius 1 is 1.47 bits per heavy atom. The fourth-order valence-electron chi connectivity index (χ4n) is 1.85. The van der Waals surface area contributed by atoms with Crippen molar-refractivity contribution >= 4 is 5.97 Å². The van der Waals surface area contributed by atoms with E-state index in [0.29, 0.717) is 12.0 Å². The molecular formula is C11H22N2O2. The van der Waals surface area contributed by atoms with Crippen molar-refractivity contribution < 1.29 is 9.90 Å². The lowest BCUT2D eigenvalue weighted by molar-refractivity contribution is -0.143. The summed E-state index contributed by atoms with van der Waals surface area (Å²) in [5, 5.41) is 8.92. The number of rotatable bonds is 3. The van der Waals surface area contributed by atoms with Gasteiger partial charge < -0.3 is 15.7 Å². The third-order valence-corrected chi connectivity index (χ3v) is 3.25. The minimum Gasteiger partial charge on any atom is -0.480 e. The highest BCUT2D eigenvalue weighted by Gasteiger charge is 2.33. The number of carboxylic acid groups (broad SMARTS) is 1. The predicted molar refractivity (Wildman–Crippen MR) is 59.7 cm³/mol. The number of aliphatic carboxylic acids is 1. The molecule has 1 unspecified atom stereocenters. The van der Waals surface area contributed by atoms with Crippen LogP contribution in [-0.2, 0) is 4.79 Å². The molecule has 0 amide bonds. The SMILES string of the molecule is CC1(C)CCN(CC(C)(N)C(=O)O)CC1. The molecule has 0 aromatic carbocycles. The molecule has 1 fully saturated rings. The Labute approximate surface area is 91.4 Å². The van der Waals surface area contributed by atoms with Crippen molar-refractivity contribution in [3.8, 4) is 0 Å². The van der Waals surface area contributed by atoms with Gasteiger partial charge in [-0.05, 0) is 38.3 Å². The summed E-state index contributed by atoms with van der Waals surface area (Å²) in [6, 6.07) is 0. The van der Waals surface area contributed by atoms with Gasteiger partial charge in [0.25, 0.3) is 0 Å². The number of nitrogens with two attached hydrogens (primary N) is 1. The average molecular weight is 214 g/mol. The van der Waals surface area contributed by atoms with Crippen LogP contribution in [0.4, 0.5) is 0 Å². The molecule has 0 spiro atoms. The van der Waals surface area contributed by atoms with Crippen LogP contribution in [0.3, 0.4) is 0 Å². The number of likely N-dealkylation sites (tertiary alicyclic amines) is 1.